The zero-order chi connectivity index (χ0) is 18.2. The fourth-order valence-electron chi connectivity index (χ4n) is 2.04. The number of nitrogens with zero attached hydrogens (tertiary/aromatic N) is 1. The quantitative estimate of drug-likeness (QED) is 0.562. The second kappa shape index (κ2) is 9.39. The molecule has 0 aromatic heterocycles. The minimum atomic E-state index is -0.339. The summed E-state index contributed by atoms with van der Waals surface area (Å²) < 4.78 is 0.897. The first kappa shape index (κ1) is 19.2. The third kappa shape index (κ3) is 5.72. The number of nitrogens with one attached hydrogen (secondary N) is 1. The molecule has 1 aromatic rings. The lowest BCUT2D eigenvalue weighted by Gasteiger charge is -2.12. The first-order valence-electron chi connectivity index (χ1n) is 7.59. The third-order valence-corrected chi connectivity index (χ3v) is 4.61. The highest BCUT2D eigenvalue weighted by Crippen LogP contribution is 2.32. The molecule has 1 aromatic carbocycles. The van der Waals surface area contributed by atoms with E-state index in [0.717, 1.165) is 26.7 Å². The van der Waals surface area contributed by atoms with E-state index in [1.807, 2.05) is 37.3 Å². The summed E-state index contributed by atoms with van der Waals surface area (Å²) in [6.07, 6.45) is 8.25. The van der Waals surface area contributed by atoms with Crippen molar-refractivity contribution in [1.29, 1.82) is 0 Å². The lowest BCUT2D eigenvalue weighted by atomic mass is 10.2. The van der Waals surface area contributed by atoms with E-state index in [9.17, 15) is 14.4 Å². The molecule has 1 aliphatic heterocycles. The molecule has 0 aliphatic carbocycles. The predicted molar refractivity (Wildman–Crippen MR) is 104 cm³/mol. The normalized spacial score (nSPS) is 16.6. The molecule has 5 nitrogen and oxygen atoms in total. The Morgan fingerprint density at radius 2 is 2.12 bits per heavy atom. The predicted octanol–water partition coefficient (Wildman–Crippen LogP) is 3.73. The molecule has 1 heterocycles. The number of allylic oxidation sites excluding steroid dienone is 3. The average molecular weight is 421 g/mol. The molecule has 130 valence electrons. The monoisotopic (exact) mass is 420 g/mol. The lowest BCUT2D eigenvalue weighted by molar-refractivity contribution is -0.123. The number of halogens is 1. The first-order chi connectivity index (χ1) is 12.0. The van der Waals surface area contributed by atoms with Gasteiger partial charge in [-0.05, 0) is 42.5 Å². The van der Waals surface area contributed by atoms with Gasteiger partial charge in [-0.25, -0.2) is 0 Å². The van der Waals surface area contributed by atoms with Gasteiger partial charge in [-0.1, -0.05) is 46.3 Å². The van der Waals surface area contributed by atoms with E-state index < -0.39 is 0 Å². The van der Waals surface area contributed by atoms with Crippen LogP contribution in [0.5, 0.6) is 0 Å². The largest absolute Gasteiger partial charge is 0.351 e. The molecule has 0 radical (unpaired) electrons. The molecule has 3 amide bonds. The van der Waals surface area contributed by atoms with Gasteiger partial charge in [0.15, 0.2) is 0 Å². The molecule has 0 bridgehead atoms. The highest BCUT2D eigenvalue weighted by Gasteiger charge is 2.34. The maximum Gasteiger partial charge on any atom is 0.293 e. The van der Waals surface area contributed by atoms with Crippen LogP contribution in [0.15, 0.2) is 57.9 Å². The molecule has 0 saturated carbocycles. The molecule has 0 spiro atoms. The number of benzene rings is 1. The van der Waals surface area contributed by atoms with Crippen molar-refractivity contribution in [2.24, 2.45) is 0 Å². The molecule has 7 heteroatoms. The Balaban J connectivity index is 1.94. The summed E-state index contributed by atoms with van der Waals surface area (Å²) in [5.74, 6) is -0.608. The number of imide groups is 1. The van der Waals surface area contributed by atoms with Gasteiger partial charge in [-0.2, -0.15) is 0 Å². The van der Waals surface area contributed by atoms with Gasteiger partial charge >= 0.3 is 0 Å². The molecular weight excluding hydrogens is 404 g/mol. The maximum atomic E-state index is 12.4. The Hall–Kier alpha value is -2.12. The van der Waals surface area contributed by atoms with Crippen molar-refractivity contribution >= 4 is 50.8 Å². The average Bonchev–Trinajstić information content (AvgIpc) is 2.82. The second-order valence-corrected chi connectivity index (χ2v) is 6.97. The van der Waals surface area contributed by atoms with Crippen molar-refractivity contribution in [2.75, 3.05) is 13.1 Å². The SMILES string of the molecule is CC=CC=CC(=O)NCCN1C(=O)SC(=Cc2cccc(Br)c2)C1=O. The van der Waals surface area contributed by atoms with Crippen LogP contribution >= 0.6 is 27.7 Å². The van der Waals surface area contributed by atoms with Crippen molar-refractivity contribution in [1.82, 2.24) is 10.2 Å². The van der Waals surface area contributed by atoms with Crippen molar-refractivity contribution in [3.05, 3.63) is 63.5 Å². The molecule has 1 N–H and O–H groups in total. The van der Waals surface area contributed by atoms with Gasteiger partial charge in [0.25, 0.3) is 11.1 Å². The number of carbonyl (C=O) groups is 3. The van der Waals surface area contributed by atoms with Crippen molar-refractivity contribution in [3.63, 3.8) is 0 Å². The Morgan fingerprint density at radius 1 is 1.32 bits per heavy atom. The van der Waals surface area contributed by atoms with Gasteiger partial charge in [0, 0.05) is 23.6 Å². The van der Waals surface area contributed by atoms with Crippen LogP contribution in [0.3, 0.4) is 0 Å². The zero-order valence-corrected chi connectivity index (χ0v) is 16.0. The highest BCUT2D eigenvalue weighted by molar-refractivity contribution is 9.10. The van der Waals surface area contributed by atoms with Crippen molar-refractivity contribution in [3.8, 4) is 0 Å². The van der Waals surface area contributed by atoms with E-state index in [2.05, 4.69) is 21.2 Å². The number of hydrogen-bond acceptors (Lipinski definition) is 4. The van der Waals surface area contributed by atoms with Crippen LogP contribution in [0.2, 0.25) is 0 Å². The fraction of sp³-hybridized carbons (Fsp3) is 0.167. The summed E-state index contributed by atoms with van der Waals surface area (Å²) in [5, 5.41) is 2.31. The maximum absolute atomic E-state index is 12.4. The standard InChI is InChI=1S/C18H17BrN2O3S/c1-2-3-4-8-16(22)20-9-10-21-17(23)15(25-18(21)24)12-13-6-5-7-14(19)11-13/h2-8,11-12H,9-10H2,1H3,(H,20,22). The summed E-state index contributed by atoms with van der Waals surface area (Å²) in [6, 6.07) is 7.47. The number of rotatable bonds is 6. The van der Waals surface area contributed by atoms with E-state index in [4.69, 9.17) is 0 Å². The van der Waals surface area contributed by atoms with Gasteiger partial charge in [0.05, 0.1) is 4.91 Å². The van der Waals surface area contributed by atoms with E-state index in [1.165, 1.54) is 6.08 Å². The Bertz CT molecular complexity index is 771. The van der Waals surface area contributed by atoms with E-state index in [1.54, 1.807) is 18.2 Å². The summed E-state index contributed by atoms with van der Waals surface area (Å²) >= 11 is 4.28. The Morgan fingerprint density at radius 3 is 2.84 bits per heavy atom. The van der Waals surface area contributed by atoms with Crippen LogP contribution in [0.1, 0.15) is 12.5 Å². The molecule has 1 saturated heterocycles. The van der Waals surface area contributed by atoms with Gasteiger partial charge in [-0.15, -0.1) is 0 Å². The highest BCUT2D eigenvalue weighted by atomic mass is 79.9. The molecule has 25 heavy (non-hydrogen) atoms. The second-order valence-electron chi connectivity index (χ2n) is 5.06. The Labute approximate surface area is 159 Å². The summed E-state index contributed by atoms with van der Waals surface area (Å²) in [7, 11) is 0. The van der Waals surface area contributed by atoms with Gasteiger partial charge in [0.1, 0.15) is 0 Å². The van der Waals surface area contributed by atoms with Crippen LogP contribution in [-0.2, 0) is 9.59 Å². The summed E-state index contributed by atoms with van der Waals surface area (Å²) in [6.45, 7) is 2.20. The molecular formula is C18H17BrN2O3S. The summed E-state index contributed by atoms with van der Waals surface area (Å²) in [5.41, 5.74) is 0.835. The first-order valence-corrected chi connectivity index (χ1v) is 9.20. The number of hydrogen-bond donors (Lipinski definition) is 1. The summed E-state index contributed by atoms with van der Waals surface area (Å²) in [4.78, 5) is 37.5. The van der Waals surface area contributed by atoms with Gasteiger partial charge in [-0.3, -0.25) is 19.3 Å². The van der Waals surface area contributed by atoms with E-state index >= 15 is 0 Å². The third-order valence-electron chi connectivity index (χ3n) is 3.21. The molecule has 0 unspecified atom stereocenters. The minimum Gasteiger partial charge on any atom is -0.351 e. The van der Waals surface area contributed by atoms with Gasteiger partial charge < -0.3 is 5.32 Å². The Kier molecular flexibility index (Phi) is 7.21. The zero-order valence-electron chi connectivity index (χ0n) is 13.6. The minimum absolute atomic E-state index is 0.143. The van der Waals surface area contributed by atoms with E-state index in [-0.39, 0.29) is 30.1 Å². The van der Waals surface area contributed by atoms with Crippen LogP contribution in [0.25, 0.3) is 6.08 Å². The molecule has 1 fully saturated rings. The van der Waals surface area contributed by atoms with Crippen LogP contribution in [-0.4, -0.2) is 35.0 Å². The lowest BCUT2D eigenvalue weighted by Crippen LogP contribution is -2.36. The molecule has 1 aliphatic rings. The van der Waals surface area contributed by atoms with Crippen molar-refractivity contribution < 1.29 is 14.4 Å². The van der Waals surface area contributed by atoms with Gasteiger partial charge in [0.2, 0.25) is 5.91 Å². The fourth-order valence-corrected chi connectivity index (χ4v) is 3.33. The van der Waals surface area contributed by atoms with E-state index in [0.29, 0.717) is 4.91 Å². The van der Waals surface area contributed by atoms with Crippen LogP contribution < -0.4 is 5.32 Å². The number of amides is 3. The molecule has 2 rings (SSSR count). The molecule has 0 atom stereocenters. The topological polar surface area (TPSA) is 66.5 Å². The van der Waals surface area contributed by atoms with Crippen LogP contribution in [0.4, 0.5) is 4.79 Å². The smallest absolute Gasteiger partial charge is 0.293 e. The van der Waals surface area contributed by atoms with Crippen molar-refractivity contribution in [2.45, 2.75) is 6.92 Å². The number of carbonyl (C=O) groups excluding carboxylic acids is 3. The van der Waals surface area contributed by atoms with Crippen LogP contribution in [0, 0.1) is 0 Å². The number of thioether (sulfide) groups is 1.